The van der Waals surface area contributed by atoms with Gasteiger partial charge in [0.15, 0.2) is 0 Å². The highest BCUT2D eigenvalue weighted by Gasteiger charge is 2.22. The molecular formula is C11H14N4O4S. The van der Waals surface area contributed by atoms with E-state index < -0.39 is 10.0 Å². The Bertz CT molecular complexity index is 697. The number of aromatic nitrogens is 2. The fraction of sp³-hybridized carbons (Fsp3) is 0.182. The van der Waals surface area contributed by atoms with Crippen LogP contribution in [0.5, 0.6) is 11.5 Å². The summed E-state index contributed by atoms with van der Waals surface area (Å²) in [5, 5.41) is 6.16. The van der Waals surface area contributed by atoms with E-state index >= 15 is 0 Å². The number of hydrogen-bond acceptors (Lipinski definition) is 6. The van der Waals surface area contributed by atoms with Crippen LogP contribution in [0.1, 0.15) is 0 Å². The molecule has 0 spiro atoms. The first-order chi connectivity index (χ1) is 9.47. The number of methoxy groups -OCH3 is 2. The summed E-state index contributed by atoms with van der Waals surface area (Å²) in [4.78, 5) is -0.0899. The van der Waals surface area contributed by atoms with Crippen LogP contribution in [-0.4, -0.2) is 32.8 Å². The molecule has 0 amide bonds. The van der Waals surface area contributed by atoms with Crippen molar-refractivity contribution in [3.05, 3.63) is 24.4 Å². The molecule has 0 radical (unpaired) electrons. The molecular weight excluding hydrogens is 284 g/mol. The molecule has 1 aromatic heterocycles. The number of ether oxygens (including phenoxy) is 2. The van der Waals surface area contributed by atoms with Crippen LogP contribution >= 0.6 is 0 Å². The van der Waals surface area contributed by atoms with Crippen molar-refractivity contribution < 1.29 is 17.9 Å². The molecule has 1 aromatic carbocycles. The van der Waals surface area contributed by atoms with E-state index in [2.05, 4.69) is 14.9 Å². The van der Waals surface area contributed by atoms with Crippen molar-refractivity contribution in [2.75, 3.05) is 24.7 Å². The third-order valence-corrected chi connectivity index (χ3v) is 3.94. The van der Waals surface area contributed by atoms with Gasteiger partial charge in [-0.2, -0.15) is 5.10 Å². The van der Waals surface area contributed by atoms with Gasteiger partial charge in [0.1, 0.15) is 22.2 Å². The second-order valence-corrected chi connectivity index (χ2v) is 5.47. The Kier molecular flexibility index (Phi) is 3.70. The highest BCUT2D eigenvalue weighted by molar-refractivity contribution is 7.92. The molecule has 8 nitrogen and oxygen atoms in total. The lowest BCUT2D eigenvalue weighted by Crippen LogP contribution is -2.15. The Hall–Kier alpha value is -2.42. The molecule has 1 heterocycles. The average Bonchev–Trinajstić information content (AvgIpc) is 2.90. The summed E-state index contributed by atoms with van der Waals surface area (Å²) in [5.41, 5.74) is 5.93. The minimum absolute atomic E-state index is 0.0899. The van der Waals surface area contributed by atoms with Gasteiger partial charge >= 0.3 is 0 Å². The molecule has 0 bridgehead atoms. The van der Waals surface area contributed by atoms with E-state index in [1.807, 2.05) is 0 Å². The van der Waals surface area contributed by atoms with Gasteiger partial charge in [-0.25, -0.2) is 8.42 Å². The Morgan fingerprint density at radius 1 is 1.25 bits per heavy atom. The van der Waals surface area contributed by atoms with Gasteiger partial charge < -0.3 is 15.2 Å². The lowest BCUT2D eigenvalue weighted by atomic mass is 10.3. The maximum absolute atomic E-state index is 12.3. The predicted molar refractivity (Wildman–Crippen MR) is 73.4 cm³/mol. The lowest BCUT2D eigenvalue weighted by Gasteiger charge is -2.13. The number of nitrogens with one attached hydrogen (secondary N) is 2. The van der Waals surface area contributed by atoms with E-state index in [0.717, 1.165) is 0 Å². The smallest absolute Gasteiger partial charge is 0.266 e. The van der Waals surface area contributed by atoms with E-state index in [1.54, 1.807) is 0 Å². The number of benzene rings is 1. The lowest BCUT2D eigenvalue weighted by molar-refractivity contribution is 0.387. The van der Waals surface area contributed by atoms with Crippen molar-refractivity contribution in [3.8, 4) is 11.5 Å². The number of H-pyrrole nitrogens is 1. The minimum atomic E-state index is -3.86. The molecule has 4 N–H and O–H groups in total. The zero-order valence-corrected chi connectivity index (χ0v) is 11.7. The number of nitrogens with zero attached hydrogens (tertiary/aromatic N) is 1. The molecule has 2 aromatic rings. The Morgan fingerprint density at radius 3 is 2.50 bits per heavy atom. The van der Waals surface area contributed by atoms with Gasteiger partial charge in [0, 0.05) is 12.1 Å². The first-order valence-corrected chi connectivity index (χ1v) is 7.00. The predicted octanol–water partition coefficient (Wildman–Crippen LogP) is 0.810. The van der Waals surface area contributed by atoms with Crippen molar-refractivity contribution in [1.82, 2.24) is 10.2 Å². The topological polar surface area (TPSA) is 119 Å². The molecule has 0 unspecified atom stereocenters. The van der Waals surface area contributed by atoms with E-state index in [9.17, 15) is 8.42 Å². The molecule has 20 heavy (non-hydrogen) atoms. The summed E-state index contributed by atoms with van der Waals surface area (Å²) in [5.74, 6) is 0.701. The standard InChI is InChI=1S/C11H14N4O4S/c1-18-8-6-9(19-2)10(5-7(8)12)20(16,17)15-11-3-4-13-14-11/h3-6H,12H2,1-2H3,(H2,13,14,15). The van der Waals surface area contributed by atoms with E-state index in [-0.39, 0.29) is 22.2 Å². The number of rotatable bonds is 5. The normalized spacial score (nSPS) is 11.1. The SMILES string of the molecule is COc1cc(OC)c(S(=O)(=O)Nc2ccn[nH]2)cc1N. The molecule has 0 saturated carbocycles. The molecule has 0 atom stereocenters. The minimum Gasteiger partial charge on any atom is -0.495 e. The number of anilines is 2. The molecule has 0 aliphatic heterocycles. The van der Waals surface area contributed by atoms with Crippen molar-refractivity contribution in [3.63, 3.8) is 0 Å². The molecule has 0 saturated heterocycles. The zero-order valence-electron chi connectivity index (χ0n) is 10.9. The first kappa shape index (κ1) is 14.0. The second-order valence-electron chi connectivity index (χ2n) is 3.82. The second kappa shape index (κ2) is 5.29. The fourth-order valence-electron chi connectivity index (χ4n) is 1.62. The van der Waals surface area contributed by atoms with E-state index in [0.29, 0.717) is 5.75 Å². The molecule has 0 aliphatic rings. The van der Waals surface area contributed by atoms with E-state index in [4.69, 9.17) is 15.2 Å². The Labute approximate surface area is 115 Å². The van der Waals surface area contributed by atoms with Gasteiger partial charge in [0.25, 0.3) is 10.0 Å². The van der Waals surface area contributed by atoms with Crippen molar-refractivity contribution >= 4 is 21.5 Å². The highest BCUT2D eigenvalue weighted by atomic mass is 32.2. The molecule has 9 heteroatoms. The van der Waals surface area contributed by atoms with Crippen molar-refractivity contribution in [2.45, 2.75) is 4.90 Å². The first-order valence-electron chi connectivity index (χ1n) is 5.51. The Morgan fingerprint density at radius 2 is 1.95 bits per heavy atom. The maximum atomic E-state index is 12.3. The summed E-state index contributed by atoms with van der Waals surface area (Å²) >= 11 is 0. The molecule has 108 valence electrons. The summed E-state index contributed by atoms with van der Waals surface area (Å²) in [7, 11) is -1.06. The highest BCUT2D eigenvalue weighted by Crippen LogP contribution is 2.34. The number of nitrogen functional groups attached to an aromatic ring is 1. The van der Waals surface area contributed by atoms with Crippen LogP contribution in [-0.2, 0) is 10.0 Å². The summed E-state index contributed by atoms with van der Waals surface area (Å²) in [6.45, 7) is 0. The van der Waals surface area contributed by atoms with Crippen molar-refractivity contribution in [1.29, 1.82) is 0 Å². The monoisotopic (exact) mass is 298 g/mol. The number of hydrogen-bond donors (Lipinski definition) is 3. The fourth-order valence-corrected chi connectivity index (χ4v) is 2.82. The summed E-state index contributed by atoms with van der Waals surface area (Å²) in [6.07, 6.45) is 1.43. The molecule has 0 fully saturated rings. The Balaban J connectivity index is 2.48. The van der Waals surface area contributed by atoms with Crippen LogP contribution in [0.4, 0.5) is 11.5 Å². The number of sulfonamides is 1. The van der Waals surface area contributed by atoms with Crippen LogP contribution in [0.15, 0.2) is 29.3 Å². The van der Waals surface area contributed by atoms with Crippen LogP contribution in [0.3, 0.4) is 0 Å². The number of nitrogens with two attached hydrogens (primary N) is 1. The third-order valence-electron chi connectivity index (χ3n) is 2.55. The van der Waals surface area contributed by atoms with E-state index in [1.165, 1.54) is 38.6 Å². The quantitative estimate of drug-likeness (QED) is 0.703. The van der Waals surface area contributed by atoms with Crippen LogP contribution in [0, 0.1) is 0 Å². The number of aromatic amines is 1. The summed E-state index contributed by atoms with van der Waals surface area (Å²) < 4.78 is 37.0. The van der Waals surface area contributed by atoms with Gasteiger partial charge in [0.05, 0.1) is 26.1 Å². The van der Waals surface area contributed by atoms with Crippen molar-refractivity contribution in [2.24, 2.45) is 0 Å². The zero-order chi connectivity index (χ0) is 14.8. The van der Waals surface area contributed by atoms with Gasteiger partial charge in [-0.15, -0.1) is 0 Å². The molecule has 0 aliphatic carbocycles. The van der Waals surface area contributed by atoms with Gasteiger partial charge in [-0.3, -0.25) is 9.82 Å². The maximum Gasteiger partial charge on any atom is 0.266 e. The largest absolute Gasteiger partial charge is 0.495 e. The summed E-state index contributed by atoms with van der Waals surface area (Å²) in [6, 6.07) is 4.17. The van der Waals surface area contributed by atoms with Gasteiger partial charge in [-0.1, -0.05) is 0 Å². The van der Waals surface area contributed by atoms with Gasteiger partial charge in [0.2, 0.25) is 0 Å². The van der Waals surface area contributed by atoms with Crippen LogP contribution in [0.25, 0.3) is 0 Å². The van der Waals surface area contributed by atoms with Crippen LogP contribution in [0.2, 0.25) is 0 Å². The molecule has 2 rings (SSSR count). The van der Waals surface area contributed by atoms with Crippen LogP contribution < -0.4 is 19.9 Å². The third kappa shape index (κ3) is 2.62. The average molecular weight is 298 g/mol. The van der Waals surface area contributed by atoms with Gasteiger partial charge in [-0.05, 0) is 6.07 Å².